The number of cyclic esters (lactones) is 1. The van der Waals surface area contributed by atoms with Gasteiger partial charge in [0, 0.05) is 16.9 Å². The third kappa shape index (κ3) is 2.81. The molecule has 0 aliphatic carbocycles. The molecule has 0 bridgehead atoms. The van der Waals surface area contributed by atoms with E-state index in [2.05, 4.69) is 15.9 Å². The van der Waals surface area contributed by atoms with Crippen LogP contribution in [-0.2, 0) is 9.53 Å². The molecule has 6 heteroatoms. The van der Waals surface area contributed by atoms with E-state index < -0.39 is 12.1 Å². The molecule has 18 heavy (non-hydrogen) atoms. The molecule has 1 N–H and O–H groups in total. The Labute approximate surface area is 112 Å². The van der Waals surface area contributed by atoms with Gasteiger partial charge in [0.1, 0.15) is 0 Å². The number of hydrogen-bond donors (Lipinski definition) is 1. The van der Waals surface area contributed by atoms with Crippen LogP contribution in [0.2, 0.25) is 0 Å². The molecule has 1 saturated heterocycles. The Bertz CT molecular complexity index is 477. The average molecular weight is 314 g/mol. The van der Waals surface area contributed by atoms with E-state index in [1.54, 1.807) is 6.07 Å². The number of hydrogen-bond acceptors (Lipinski definition) is 3. The summed E-state index contributed by atoms with van der Waals surface area (Å²) in [6.07, 6.45) is -0.447. The number of nitrogens with zero attached hydrogens (tertiary/aromatic N) is 1. The van der Waals surface area contributed by atoms with E-state index in [4.69, 9.17) is 9.84 Å². The van der Waals surface area contributed by atoms with Gasteiger partial charge in [-0.2, -0.15) is 0 Å². The molecule has 2 rings (SSSR count). The van der Waals surface area contributed by atoms with Crippen LogP contribution in [0.4, 0.5) is 10.5 Å². The van der Waals surface area contributed by atoms with Gasteiger partial charge in [0.15, 0.2) is 0 Å². The molecule has 1 aromatic rings. The molecule has 1 unspecified atom stereocenters. The predicted octanol–water partition coefficient (Wildman–Crippen LogP) is 2.50. The number of anilines is 1. The Kier molecular flexibility index (Phi) is 3.86. The van der Waals surface area contributed by atoms with Crippen molar-refractivity contribution in [2.45, 2.75) is 6.42 Å². The summed E-state index contributed by atoms with van der Waals surface area (Å²) in [5, 5.41) is 8.77. The molecule has 5 nitrogen and oxygen atoms in total. The number of halogens is 1. The zero-order chi connectivity index (χ0) is 13.1. The second kappa shape index (κ2) is 5.39. The van der Waals surface area contributed by atoms with Crippen LogP contribution in [0.1, 0.15) is 6.42 Å². The van der Waals surface area contributed by atoms with Gasteiger partial charge in [0.05, 0.1) is 18.7 Å². The van der Waals surface area contributed by atoms with Crippen LogP contribution in [0.25, 0.3) is 0 Å². The first-order valence-electron chi connectivity index (χ1n) is 5.48. The summed E-state index contributed by atoms with van der Waals surface area (Å²) in [5.41, 5.74) is 0.692. The molecule has 1 heterocycles. The monoisotopic (exact) mass is 313 g/mol. The summed E-state index contributed by atoms with van der Waals surface area (Å²) < 4.78 is 5.79. The highest BCUT2D eigenvalue weighted by Crippen LogP contribution is 2.29. The number of para-hydroxylation sites is 1. The lowest BCUT2D eigenvalue weighted by molar-refractivity contribution is -0.138. The number of carbonyl (C=O) groups excluding carboxylic acids is 1. The minimum absolute atomic E-state index is 0.00572. The van der Waals surface area contributed by atoms with Crippen LogP contribution in [0.15, 0.2) is 28.7 Å². The second-order valence-corrected chi connectivity index (χ2v) is 4.96. The maximum absolute atomic E-state index is 11.7. The van der Waals surface area contributed by atoms with Crippen molar-refractivity contribution in [3.8, 4) is 0 Å². The lowest BCUT2D eigenvalue weighted by Gasteiger charge is -2.32. The van der Waals surface area contributed by atoms with Crippen LogP contribution < -0.4 is 4.90 Å². The number of ether oxygens (including phenoxy) is 1. The van der Waals surface area contributed by atoms with E-state index in [0.717, 1.165) is 4.47 Å². The lowest BCUT2D eigenvalue weighted by atomic mass is 10.0. The average Bonchev–Trinajstić information content (AvgIpc) is 2.32. The molecular formula is C12H12BrNO4. The molecule has 1 aromatic carbocycles. The smallest absolute Gasteiger partial charge is 0.414 e. The third-order valence-electron chi connectivity index (χ3n) is 2.71. The van der Waals surface area contributed by atoms with Crippen LogP contribution in [0, 0.1) is 5.92 Å². The predicted molar refractivity (Wildman–Crippen MR) is 68.6 cm³/mol. The largest absolute Gasteiger partial charge is 0.481 e. The van der Waals surface area contributed by atoms with Crippen molar-refractivity contribution < 1.29 is 19.4 Å². The van der Waals surface area contributed by atoms with E-state index >= 15 is 0 Å². The zero-order valence-corrected chi connectivity index (χ0v) is 11.1. The number of amides is 1. The Hall–Kier alpha value is -1.56. The van der Waals surface area contributed by atoms with Crippen molar-refractivity contribution in [3.63, 3.8) is 0 Å². The zero-order valence-electron chi connectivity index (χ0n) is 9.51. The van der Waals surface area contributed by atoms with Crippen LogP contribution in [0.3, 0.4) is 0 Å². The van der Waals surface area contributed by atoms with Gasteiger partial charge in [-0.3, -0.25) is 9.69 Å². The van der Waals surface area contributed by atoms with Gasteiger partial charge in [-0.1, -0.05) is 12.1 Å². The SMILES string of the molecule is O=C(O)CC1COC(=O)N(c2ccccc2Br)C1. The summed E-state index contributed by atoms with van der Waals surface area (Å²) in [6.45, 7) is 0.514. The first-order chi connectivity index (χ1) is 8.58. The first kappa shape index (κ1) is 12.9. The topological polar surface area (TPSA) is 66.8 Å². The molecular weight excluding hydrogens is 302 g/mol. The molecule has 0 aromatic heterocycles. The van der Waals surface area contributed by atoms with E-state index in [-0.39, 0.29) is 18.9 Å². The van der Waals surface area contributed by atoms with Crippen LogP contribution in [0.5, 0.6) is 0 Å². The van der Waals surface area contributed by atoms with Crippen LogP contribution >= 0.6 is 15.9 Å². The standard InChI is InChI=1S/C12H12BrNO4/c13-9-3-1-2-4-10(9)14-6-8(5-11(15)16)7-18-12(14)17/h1-4,8H,5-7H2,(H,15,16). The van der Waals surface area contributed by atoms with Crippen LogP contribution in [-0.4, -0.2) is 30.3 Å². The normalized spacial score (nSPS) is 19.5. The molecule has 0 spiro atoms. The fourth-order valence-electron chi connectivity index (χ4n) is 1.89. The van der Waals surface area contributed by atoms with Crippen molar-refractivity contribution in [1.29, 1.82) is 0 Å². The maximum Gasteiger partial charge on any atom is 0.414 e. The molecule has 1 aliphatic rings. The quantitative estimate of drug-likeness (QED) is 0.931. The molecule has 96 valence electrons. The first-order valence-corrected chi connectivity index (χ1v) is 6.28. The molecule has 1 atom stereocenters. The summed E-state index contributed by atoms with van der Waals surface area (Å²) >= 11 is 3.36. The molecule has 1 amide bonds. The highest BCUT2D eigenvalue weighted by molar-refractivity contribution is 9.10. The van der Waals surface area contributed by atoms with E-state index in [1.807, 2.05) is 18.2 Å². The van der Waals surface area contributed by atoms with Crippen molar-refractivity contribution in [2.24, 2.45) is 5.92 Å². The van der Waals surface area contributed by atoms with Gasteiger partial charge in [-0.25, -0.2) is 4.79 Å². The van der Waals surface area contributed by atoms with Gasteiger partial charge in [0.25, 0.3) is 0 Å². The minimum atomic E-state index is -0.884. The fourth-order valence-corrected chi connectivity index (χ4v) is 2.39. The summed E-state index contributed by atoms with van der Waals surface area (Å²) in [7, 11) is 0. The number of benzene rings is 1. The van der Waals surface area contributed by atoms with Gasteiger partial charge in [-0.15, -0.1) is 0 Å². The summed E-state index contributed by atoms with van der Waals surface area (Å²) in [4.78, 5) is 23.9. The maximum atomic E-state index is 11.7. The third-order valence-corrected chi connectivity index (χ3v) is 3.38. The Morgan fingerprint density at radius 1 is 1.50 bits per heavy atom. The van der Waals surface area contributed by atoms with Crippen molar-refractivity contribution in [3.05, 3.63) is 28.7 Å². The number of carboxylic acids is 1. The lowest BCUT2D eigenvalue weighted by Crippen LogP contribution is -2.44. The summed E-state index contributed by atoms with van der Waals surface area (Å²) in [5.74, 6) is -1.07. The summed E-state index contributed by atoms with van der Waals surface area (Å²) in [6, 6.07) is 7.27. The minimum Gasteiger partial charge on any atom is -0.481 e. The Balaban J connectivity index is 2.18. The molecule has 1 aliphatic heterocycles. The molecule has 1 fully saturated rings. The van der Waals surface area contributed by atoms with Gasteiger partial charge < -0.3 is 9.84 Å². The van der Waals surface area contributed by atoms with E-state index in [0.29, 0.717) is 12.2 Å². The number of carbonyl (C=O) groups is 2. The highest BCUT2D eigenvalue weighted by atomic mass is 79.9. The van der Waals surface area contributed by atoms with Gasteiger partial charge >= 0.3 is 12.1 Å². The Morgan fingerprint density at radius 3 is 2.89 bits per heavy atom. The van der Waals surface area contributed by atoms with E-state index in [9.17, 15) is 9.59 Å². The number of carboxylic acid groups (broad SMARTS) is 1. The second-order valence-electron chi connectivity index (χ2n) is 4.10. The van der Waals surface area contributed by atoms with Crippen molar-refractivity contribution in [2.75, 3.05) is 18.1 Å². The fraction of sp³-hybridized carbons (Fsp3) is 0.333. The van der Waals surface area contributed by atoms with Crippen molar-refractivity contribution in [1.82, 2.24) is 0 Å². The van der Waals surface area contributed by atoms with Gasteiger partial charge in [0.2, 0.25) is 0 Å². The number of aliphatic carboxylic acids is 1. The van der Waals surface area contributed by atoms with Gasteiger partial charge in [-0.05, 0) is 28.1 Å². The molecule has 0 saturated carbocycles. The Morgan fingerprint density at radius 2 is 2.22 bits per heavy atom. The van der Waals surface area contributed by atoms with Crippen molar-refractivity contribution >= 4 is 33.7 Å². The molecule has 0 radical (unpaired) electrons. The van der Waals surface area contributed by atoms with E-state index in [1.165, 1.54) is 4.90 Å². The highest BCUT2D eigenvalue weighted by Gasteiger charge is 2.30. The number of rotatable bonds is 3.